The van der Waals surface area contributed by atoms with Gasteiger partial charge in [-0.15, -0.1) is 0 Å². The van der Waals surface area contributed by atoms with E-state index in [1.165, 1.54) is 66.8 Å². The SMILES string of the molecule is CC(C)(C)c1cc(-c2ccc(-c3cc(-c4ccc(SSc5ccc(-c6cc(-c7ccc(-c8cc(C(C)(C)C)cc(C(C)(C)C)c8)cn7)nc(-c7ccc(-c8cc(C(C)(C)C)cc(C(C)(C)C)c8)cn7)c6)cc5)cc4)cc(-c4ccc(-c5cc(C(C)(C)C)cc(C(C)(C)C)c5)cn4)n3)nc2)cc(C(C)(C)C)c1. The summed E-state index contributed by atoms with van der Waals surface area (Å²) in [5, 5.41) is 0. The van der Waals surface area contributed by atoms with E-state index in [0.717, 1.165) is 99.9 Å². The van der Waals surface area contributed by atoms with Gasteiger partial charge in [-0.25, -0.2) is 9.97 Å². The summed E-state index contributed by atoms with van der Waals surface area (Å²) in [4.78, 5) is 33.6. The summed E-state index contributed by atoms with van der Waals surface area (Å²) in [5.41, 5.74) is 29.9. The molecule has 542 valence electrons. The van der Waals surface area contributed by atoms with Crippen LogP contribution in [-0.2, 0) is 43.3 Å². The zero-order valence-corrected chi connectivity index (χ0v) is 68.9. The van der Waals surface area contributed by atoms with Crippen molar-refractivity contribution >= 4 is 21.6 Å². The molecule has 0 atom stereocenters. The van der Waals surface area contributed by atoms with Gasteiger partial charge in [0.25, 0.3) is 0 Å². The largest absolute Gasteiger partial charge is 0.254 e. The lowest BCUT2D eigenvalue weighted by Crippen LogP contribution is -2.16. The second-order valence-electron chi connectivity index (χ2n) is 37.4. The topological polar surface area (TPSA) is 77.3 Å². The molecule has 0 unspecified atom stereocenters. The Balaban J connectivity index is 0.842. The summed E-state index contributed by atoms with van der Waals surface area (Å²) < 4.78 is 0. The Hall–Kier alpha value is -9.08. The van der Waals surface area contributed by atoms with Gasteiger partial charge in [-0.05, 0) is 205 Å². The first-order chi connectivity index (χ1) is 49.5. The number of rotatable bonds is 13. The van der Waals surface area contributed by atoms with E-state index in [-0.39, 0.29) is 43.3 Å². The van der Waals surface area contributed by atoms with E-state index in [4.69, 9.17) is 29.9 Å². The van der Waals surface area contributed by atoms with E-state index in [2.05, 4.69) is 360 Å². The van der Waals surface area contributed by atoms with Crippen LogP contribution in [0.2, 0.25) is 0 Å². The first-order valence-corrected chi connectivity index (χ1v) is 39.7. The molecule has 6 aromatic heterocycles. The molecule has 0 saturated heterocycles. The number of nitrogens with zero attached hydrogens (tertiary/aromatic N) is 6. The van der Waals surface area contributed by atoms with Crippen molar-refractivity contribution in [3.8, 4) is 112 Å². The third-order valence-electron chi connectivity index (χ3n) is 20.4. The third-order valence-corrected chi connectivity index (χ3v) is 22.8. The van der Waals surface area contributed by atoms with Crippen molar-refractivity contribution in [3.63, 3.8) is 0 Å². The molecule has 12 rings (SSSR count). The maximum Gasteiger partial charge on any atom is 0.0900 e. The summed E-state index contributed by atoms with van der Waals surface area (Å²) in [6.07, 6.45) is 8.02. The minimum atomic E-state index is -0.00928. The first kappa shape index (κ1) is 76.6. The number of aromatic nitrogens is 6. The van der Waals surface area contributed by atoms with Crippen molar-refractivity contribution in [1.29, 1.82) is 0 Å². The molecule has 0 fully saturated rings. The Labute approximate surface area is 642 Å². The Bertz CT molecular complexity index is 4430. The Kier molecular flexibility index (Phi) is 20.9. The molecule has 6 nitrogen and oxygen atoms in total. The van der Waals surface area contributed by atoms with E-state index in [1.807, 2.05) is 24.8 Å². The molecule has 0 aliphatic carbocycles. The molecule has 0 saturated carbocycles. The molecule has 0 aliphatic heterocycles. The summed E-state index contributed by atoms with van der Waals surface area (Å²) in [6.45, 7) is 54.8. The van der Waals surface area contributed by atoms with E-state index in [0.29, 0.717) is 0 Å². The minimum Gasteiger partial charge on any atom is -0.254 e. The number of hydrogen-bond acceptors (Lipinski definition) is 8. The van der Waals surface area contributed by atoms with Crippen LogP contribution in [0.15, 0.2) is 229 Å². The van der Waals surface area contributed by atoms with Gasteiger partial charge in [-0.1, -0.05) is 309 Å². The molecule has 106 heavy (non-hydrogen) atoms. The van der Waals surface area contributed by atoms with E-state index in [9.17, 15) is 0 Å². The van der Waals surface area contributed by atoms with Crippen LogP contribution >= 0.6 is 21.6 Å². The molecule has 6 aromatic carbocycles. The predicted molar refractivity (Wildman–Crippen MR) is 455 cm³/mol. The van der Waals surface area contributed by atoms with Crippen LogP contribution in [0.25, 0.3) is 112 Å². The molecular formula is C98H108N6S2. The lowest BCUT2D eigenvalue weighted by atomic mass is 9.79. The van der Waals surface area contributed by atoms with E-state index >= 15 is 0 Å². The number of benzene rings is 6. The molecule has 0 radical (unpaired) electrons. The van der Waals surface area contributed by atoms with Crippen LogP contribution < -0.4 is 0 Å². The van der Waals surface area contributed by atoms with Gasteiger partial charge in [0.15, 0.2) is 0 Å². The maximum atomic E-state index is 5.35. The highest BCUT2D eigenvalue weighted by Crippen LogP contribution is 2.44. The lowest BCUT2D eigenvalue weighted by Gasteiger charge is -2.26. The molecule has 0 amide bonds. The van der Waals surface area contributed by atoms with Gasteiger partial charge >= 0.3 is 0 Å². The molecule has 12 aromatic rings. The van der Waals surface area contributed by atoms with Gasteiger partial charge < -0.3 is 0 Å². The fourth-order valence-corrected chi connectivity index (χ4v) is 14.9. The van der Waals surface area contributed by atoms with Crippen molar-refractivity contribution in [2.24, 2.45) is 0 Å². The van der Waals surface area contributed by atoms with Crippen LogP contribution in [-0.4, -0.2) is 29.9 Å². The quantitative estimate of drug-likeness (QED) is 0.106. The van der Waals surface area contributed by atoms with Crippen molar-refractivity contribution in [1.82, 2.24) is 29.9 Å². The van der Waals surface area contributed by atoms with Gasteiger partial charge in [0.05, 0.1) is 45.6 Å². The molecule has 0 N–H and O–H groups in total. The predicted octanol–water partition coefficient (Wildman–Crippen LogP) is 27.9. The van der Waals surface area contributed by atoms with Gasteiger partial charge in [0.2, 0.25) is 0 Å². The highest BCUT2D eigenvalue weighted by Gasteiger charge is 2.27. The zero-order valence-electron chi connectivity index (χ0n) is 67.3. The van der Waals surface area contributed by atoms with Crippen LogP contribution in [0.1, 0.15) is 211 Å². The Morgan fingerprint density at radius 3 is 0.500 bits per heavy atom. The summed E-state index contributed by atoms with van der Waals surface area (Å²) in [6, 6.07) is 71.8. The summed E-state index contributed by atoms with van der Waals surface area (Å²) in [7, 11) is 3.50. The minimum absolute atomic E-state index is 0.00928. The molecule has 8 heteroatoms. The normalized spacial score (nSPS) is 12.8. The first-order valence-electron chi connectivity index (χ1n) is 37.6. The van der Waals surface area contributed by atoms with Crippen molar-refractivity contribution in [2.45, 2.75) is 219 Å². The van der Waals surface area contributed by atoms with E-state index in [1.54, 1.807) is 21.6 Å². The Morgan fingerprint density at radius 1 is 0.170 bits per heavy atom. The van der Waals surface area contributed by atoms with Gasteiger partial charge in [-0.3, -0.25) is 19.9 Å². The van der Waals surface area contributed by atoms with Crippen LogP contribution in [0.5, 0.6) is 0 Å². The molecule has 0 spiro atoms. The average Bonchev–Trinajstić information content (AvgIpc) is 0.789. The third kappa shape index (κ3) is 18.0. The molecular weight excluding hydrogens is 1330 g/mol. The average molecular weight is 1430 g/mol. The second kappa shape index (κ2) is 28.9. The van der Waals surface area contributed by atoms with Gasteiger partial charge in [0, 0.05) is 56.8 Å². The van der Waals surface area contributed by atoms with Gasteiger partial charge in [-0.2, -0.15) is 0 Å². The Morgan fingerprint density at radius 2 is 0.340 bits per heavy atom. The zero-order chi connectivity index (χ0) is 76.4. The highest BCUT2D eigenvalue weighted by molar-refractivity contribution is 8.76. The van der Waals surface area contributed by atoms with Crippen molar-refractivity contribution in [3.05, 3.63) is 263 Å². The standard InChI is InChI=1S/C98H108N6S2/c1-91(2,3)73-41-67(42-74(53-73)92(4,5)6)63-29-37-83(99-57-63)87-49-71(50-88(103-87)84-38-30-64(58-100-84)68-43-75(93(7,8)9)54-76(44-68)94(10,11)12)61-25-33-81(34-26-61)105-106-82-35-27-62(28-36-82)72-51-89(85-39-31-65(59-101-85)69-45-77(95(13,14)15)55-78(46-69)96(16,17)18)104-90(52-72)86-40-32-66(60-102-86)70-47-79(97(19,20)21)56-80(48-70)98(22,23)24/h25-60H,1-24H3. The smallest absolute Gasteiger partial charge is 0.0900 e. The van der Waals surface area contributed by atoms with Crippen molar-refractivity contribution < 1.29 is 0 Å². The van der Waals surface area contributed by atoms with Gasteiger partial charge in [0.1, 0.15) is 0 Å². The second-order valence-corrected chi connectivity index (χ2v) is 39.7. The van der Waals surface area contributed by atoms with Crippen LogP contribution in [0, 0.1) is 0 Å². The fourth-order valence-electron chi connectivity index (χ4n) is 12.9. The maximum absolute atomic E-state index is 5.35. The number of hydrogen-bond donors (Lipinski definition) is 0. The monoisotopic (exact) mass is 1430 g/mol. The number of pyridine rings is 6. The molecule has 6 heterocycles. The van der Waals surface area contributed by atoms with Crippen LogP contribution in [0.3, 0.4) is 0 Å². The van der Waals surface area contributed by atoms with Crippen LogP contribution in [0.4, 0.5) is 0 Å². The highest BCUT2D eigenvalue weighted by atomic mass is 33.1. The fraction of sp³-hybridized carbons (Fsp3) is 0.327. The summed E-state index contributed by atoms with van der Waals surface area (Å²) in [5.74, 6) is 0. The molecule has 0 aliphatic rings. The van der Waals surface area contributed by atoms with Crippen molar-refractivity contribution in [2.75, 3.05) is 0 Å². The molecule has 0 bridgehead atoms. The summed E-state index contributed by atoms with van der Waals surface area (Å²) >= 11 is 0. The lowest BCUT2D eigenvalue weighted by molar-refractivity contribution is 0.568. The van der Waals surface area contributed by atoms with E-state index < -0.39 is 0 Å².